The zero-order valence-electron chi connectivity index (χ0n) is 13.6. The van der Waals surface area contributed by atoms with Crippen molar-refractivity contribution in [2.75, 3.05) is 25.1 Å². The molecule has 23 heavy (non-hydrogen) atoms. The van der Waals surface area contributed by atoms with Gasteiger partial charge in [-0.25, -0.2) is 0 Å². The van der Waals surface area contributed by atoms with E-state index in [0.717, 1.165) is 25.2 Å². The molecule has 1 heterocycles. The first-order valence-electron chi connectivity index (χ1n) is 7.98. The molecule has 1 fully saturated rings. The summed E-state index contributed by atoms with van der Waals surface area (Å²) < 4.78 is 11.0. The van der Waals surface area contributed by atoms with E-state index in [4.69, 9.17) is 9.47 Å². The highest BCUT2D eigenvalue weighted by atomic mass is 16.5. The number of rotatable bonds is 6. The monoisotopic (exact) mass is 320 g/mol. The SMILES string of the molecule is CC(C)COc1ccc(NC(=O)C(=O)NC[C@@H]2CCCO2)cc1. The number of hydrogen-bond acceptors (Lipinski definition) is 4. The summed E-state index contributed by atoms with van der Waals surface area (Å²) in [6.45, 7) is 5.87. The molecule has 1 aliphatic rings. The van der Waals surface area contributed by atoms with Crippen LogP contribution < -0.4 is 15.4 Å². The zero-order valence-corrected chi connectivity index (χ0v) is 13.6. The van der Waals surface area contributed by atoms with Crippen LogP contribution >= 0.6 is 0 Å². The van der Waals surface area contributed by atoms with Gasteiger partial charge >= 0.3 is 11.8 Å². The van der Waals surface area contributed by atoms with Crippen LogP contribution in [-0.4, -0.2) is 37.7 Å². The second kappa shape index (κ2) is 8.53. The second-order valence-corrected chi connectivity index (χ2v) is 6.03. The van der Waals surface area contributed by atoms with Crippen LogP contribution in [0.4, 0.5) is 5.69 Å². The lowest BCUT2D eigenvalue weighted by Gasteiger charge is -2.11. The van der Waals surface area contributed by atoms with Crippen LogP contribution in [0.2, 0.25) is 0 Å². The highest BCUT2D eigenvalue weighted by Gasteiger charge is 2.19. The Hall–Kier alpha value is -2.08. The number of carbonyl (C=O) groups excluding carboxylic acids is 2. The minimum Gasteiger partial charge on any atom is -0.493 e. The number of ether oxygens (including phenoxy) is 2. The lowest BCUT2D eigenvalue weighted by Crippen LogP contribution is -2.39. The van der Waals surface area contributed by atoms with Gasteiger partial charge in [0.25, 0.3) is 0 Å². The quantitative estimate of drug-likeness (QED) is 0.786. The Morgan fingerprint density at radius 1 is 1.26 bits per heavy atom. The highest BCUT2D eigenvalue weighted by Crippen LogP contribution is 2.16. The maximum absolute atomic E-state index is 11.8. The summed E-state index contributed by atoms with van der Waals surface area (Å²) in [5, 5.41) is 5.15. The largest absolute Gasteiger partial charge is 0.493 e. The summed E-state index contributed by atoms with van der Waals surface area (Å²) in [7, 11) is 0. The topological polar surface area (TPSA) is 76.7 Å². The summed E-state index contributed by atoms with van der Waals surface area (Å²) in [5.41, 5.74) is 0.555. The maximum Gasteiger partial charge on any atom is 0.313 e. The molecule has 6 nitrogen and oxygen atoms in total. The zero-order chi connectivity index (χ0) is 16.7. The van der Waals surface area contributed by atoms with Crippen molar-refractivity contribution in [3.8, 4) is 5.75 Å². The Labute approximate surface area is 136 Å². The van der Waals surface area contributed by atoms with E-state index in [2.05, 4.69) is 24.5 Å². The van der Waals surface area contributed by atoms with Gasteiger partial charge in [-0.3, -0.25) is 9.59 Å². The molecule has 6 heteroatoms. The fraction of sp³-hybridized carbons (Fsp3) is 0.529. The minimum atomic E-state index is -0.682. The average Bonchev–Trinajstić information content (AvgIpc) is 3.05. The van der Waals surface area contributed by atoms with E-state index in [1.54, 1.807) is 24.3 Å². The van der Waals surface area contributed by atoms with Gasteiger partial charge in [0.2, 0.25) is 0 Å². The molecule has 2 N–H and O–H groups in total. The Balaban J connectivity index is 1.76. The van der Waals surface area contributed by atoms with Crippen molar-refractivity contribution in [3.05, 3.63) is 24.3 Å². The van der Waals surface area contributed by atoms with Crippen molar-refractivity contribution in [1.29, 1.82) is 0 Å². The molecule has 2 rings (SSSR count). The first-order valence-corrected chi connectivity index (χ1v) is 7.98. The Kier molecular flexibility index (Phi) is 6.40. The van der Waals surface area contributed by atoms with Crippen molar-refractivity contribution >= 4 is 17.5 Å². The van der Waals surface area contributed by atoms with Crippen molar-refractivity contribution < 1.29 is 19.1 Å². The highest BCUT2D eigenvalue weighted by molar-refractivity contribution is 6.39. The van der Waals surface area contributed by atoms with E-state index in [1.165, 1.54) is 0 Å². The first-order chi connectivity index (χ1) is 11.0. The molecule has 1 aromatic rings. The second-order valence-electron chi connectivity index (χ2n) is 6.03. The summed E-state index contributed by atoms with van der Waals surface area (Å²) in [4.78, 5) is 23.6. The van der Waals surface area contributed by atoms with E-state index in [0.29, 0.717) is 24.8 Å². The fourth-order valence-electron chi connectivity index (χ4n) is 2.18. The van der Waals surface area contributed by atoms with Gasteiger partial charge in [-0.15, -0.1) is 0 Å². The van der Waals surface area contributed by atoms with Gasteiger partial charge in [-0.05, 0) is 43.0 Å². The lowest BCUT2D eigenvalue weighted by atomic mass is 10.2. The predicted molar refractivity (Wildman–Crippen MR) is 87.4 cm³/mol. The summed E-state index contributed by atoms with van der Waals surface area (Å²) >= 11 is 0. The van der Waals surface area contributed by atoms with Crippen LogP contribution in [0.5, 0.6) is 5.75 Å². The van der Waals surface area contributed by atoms with Crippen LogP contribution in [0.3, 0.4) is 0 Å². The molecule has 2 amide bonds. The Morgan fingerprint density at radius 2 is 2.00 bits per heavy atom. The van der Waals surface area contributed by atoms with Gasteiger partial charge in [0.1, 0.15) is 5.75 Å². The molecule has 126 valence electrons. The van der Waals surface area contributed by atoms with Gasteiger partial charge in [-0.2, -0.15) is 0 Å². The Bertz CT molecular complexity index is 522. The van der Waals surface area contributed by atoms with E-state index >= 15 is 0 Å². The van der Waals surface area contributed by atoms with Gasteiger partial charge < -0.3 is 20.1 Å². The summed E-state index contributed by atoms with van der Waals surface area (Å²) in [6.07, 6.45) is 1.93. The molecule has 0 aromatic heterocycles. The molecule has 0 unspecified atom stereocenters. The van der Waals surface area contributed by atoms with Gasteiger partial charge in [0.15, 0.2) is 0 Å². The molecule has 0 spiro atoms. The van der Waals surface area contributed by atoms with Gasteiger partial charge in [0.05, 0.1) is 12.7 Å². The molecule has 1 aromatic carbocycles. The molecular formula is C17H24N2O4. The molecular weight excluding hydrogens is 296 g/mol. The summed E-state index contributed by atoms with van der Waals surface area (Å²) in [6, 6.07) is 6.95. The molecule has 0 bridgehead atoms. The van der Waals surface area contributed by atoms with Crippen molar-refractivity contribution in [2.45, 2.75) is 32.8 Å². The van der Waals surface area contributed by atoms with Crippen LogP contribution in [0.15, 0.2) is 24.3 Å². The lowest BCUT2D eigenvalue weighted by molar-refractivity contribution is -0.136. The average molecular weight is 320 g/mol. The van der Waals surface area contributed by atoms with Crippen molar-refractivity contribution in [3.63, 3.8) is 0 Å². The molecule has 1 atom stereocenters. The normalized spacial score (nSPS) is 17.1. The smallest absolute Gasteiger partial charge is 0.313 e. The maximum atomic E-state index is 11.8. The predicted octanol–water partition coefficient (Wildman–Crippen LogP) is 1.96. The number of anilines is 1. The van der Waals surface area contributed by atoms with Crippen molar-refractivity contribution in [1.82, 2.24) is 5.32 Å². The number of benzene rings is 1. The third kappa shape index (κ3) is 5.90. The van der Waals surface area contributed by atoms with E-state index in [-0.39, 0.29) is 6.10 Å². The number of amides is 2. The molecule has 0 saturated carbocycles. The fourth-order valence-corrected chi connectivity index (χ4v) is 2.18. The first kappa shape index (κ1) is 17.3. The summed E-state index contributed by atoms with van der Waals surface area (Å²) in [5.74, 6) is -0.152. The van der Waals surface area contributed by atoms with E-state index in [9.17, 15) is 9.59 Å². The van der Waals surface area contributed by atoms with Crippen LogP contribution in [0, 0.1) is 5.92 Å². The van der Waals surface area contributed by atoms with E-state index in [1.807, 2.05) is 0 Å². The van der Waals surface area contributed by atoms with Crippen LogP contribution in [0.25, 0.3) is 0 Å². The Morgan fingerprint density at radius 3 is 2.61 bits per heavy atom. The minimum absolute atomic E-state index is 0.0177. The van der Waals surface area contributed by atoms with E-state index < -0.39 is 11.8 Å². The third-order valence-electron chi connectivity index (χ3n) is 3.42. The van der Waals surface area contributed by atoms with Gasteiger partial charge in [0, 0.05) is 18.8 Å². The molecule has 0 radical (unpaired) electrons. The van der Waals surface area contributed by atoms with Gasteiger partial charge in [-0.1, -0.05) is 13.8 Å². The molecule has 1 saturated heterocycles. The molecule has 1 aliphatic heterocycles. The number of nitrogens with one attached hydrogen (secondary N) is 2. The number of hydrogen-bond donors (Lipinski definition) is 2. The van der Waals surface area contributed by atoms with Crippen LogP contribution in [0.1, 0.15) is 26.7 Å². The standard InChI is InChI=1S/C17H24N2O4/c1-12(2)11-23-14-7-5-13(6-8-14)19-17(21)16(20)18-10-15-4-3-9-22-15/h5-8,12,15H,3-4,9-11H2,1-2H3,(H,18,20)(H,19,21)/t15-/m0/s1. The third-order valence-corrected chi connectivity index (χ3v) is 3.42. The number of carbonyl (C=O) groups is 2. The van der Waals surface area contributed by atoms with Crippen LogP contribution in [-0.2, 0) is 14.3 Å². The van der Waals surface area contributed by atoms with Crippen molar-refractivity contribution in [2.24, 2.45) is 5.92 Å². The molecule has 0 aliphatic carbocycles.